The van der Waals surface area contributed by atoms with Crippen molar-refractivity contribution in [1.29, 1.82) is 0 Å². The molecule has 0 saturated heterocycles. The molecular formula is C16H16N4O3S. The van der Waals surface area contributed by atoms with Crippen LogP contribution in [0.2, 0.25) is 0 Å². The molecule has 1 aromatic heterocycles. The van der Waals surface area contributed by atoms with Gasteiger partial charge in [0, 0.05) is 17.0 Å². The van der Waals surface area contributed by atoms with E-state index >= 15 is 0 Å². The van der Waals surface area contributed by atoms with Crippen LogP contribution in [0, 0.1) is 0 Å². The maximum atomic E-state index is 11.9. The largest absolute Gasteiger partial charge is 0.366 e. The van der Waals surface area contributed by atoms with Crippen LogP contribution in [0.5, 0.6) is 0 Å². The number of nitrogens with two attached hydrogens (primary N) is 1. The van der Waals surface area contributed by atoms with E-state index in [0.717, 1.165) is 0 Å². The molecular weight excluding hydrogens is 328 g/mol. The maximum absolute atomic E-state index is 11.9. The molecule has 0 aliphatic carbocycles. The molecule has 0 saturated carbocycles. The third kappa shape index (κ3) is 5.03. The first-order valence-corrected chi connectivity index (χ1v) is 7.90. The molecule has 1 heterocycles. The Morgan fingerprint density at radius 1 is 1.17 bits per heavy atom. The van der Waals surface area contributed by atoms with Gasteiger partial charge in [0.1, 0.15) is 0 Å². The van der Waals surface area contributed by atoms with E-state index in [0.29, 0.717) is 21.8 Å². The third-order valence-corrected chi connectivity index (χ3v) is 3.83. The summed E-state index contributed by atoms with van der Waals surface area (Å²) >= 11 is 1.31. The molecule has 24 heavy (non-hydrogen) atoms. The lowest BCUT2D eigenvalue weighted by molar-refractivity contribution is -0.115. The number of primary amides is 1. The zero-order chi connectivity index (χ0) is 17.5. The van der Waals surface area contributed by atoms with Crippen LogP contribution < -0.4 is 16.5 Å². The lowest BCUT2D eigenvalue weighted by Gasteiger charge is -2.06. The van der Waals surface area contributed by atoms with E-state index in [2.05, 4.69) is 15.8 Å². The summed E-state index contributed by atoms with van der Waals surface area (Å²) in [7, 11) is 0. The van der Waals surface area contributed by atoms with Gasteiger partial charge in [0.25, 0.3) is 5.91 Å². The Labute approximate surface area is 142 Å². The van der Waals surface area contributed by atoms with Crippen LogP contribution in [0.3, 0.4) is 0 Å². The van der Waals surface area contributed by atoms with E-state index in [4.69, 9.17) is 5.73 Å². The van der Waals surface area contributed by atoms with Crippen LogP contribution >= 0.6 is 11.3 Å². The number of nitrogens with zero attached hydrogens (tertiary/aromatic N) is 1. The van der Waals surface area contributed by atoms with Crippen molar-refractivity contribution in [2.75, 3.05) is 5.32 Å². The number of amides is 3. The molecule has 1 aromatic carbocycles. The molecule has 3 amide bonds. The van der Waals surface area contributed by atoms with Gasteiger partial charge in [-0.15, -0.1) is 11.3 Å². The Morgan fingerprint density at radius 2 is 1.88 bits per heavy atom. The topological polar surface area (TPSA) is 114 Å². The smallest absolute Gasteiger partial charge is 0.281 e. The quantitative estimate of drug-likeness (QED) is 0.550. The molecule has 7 nitrogen and oxygen atoms in total. The highest BCUT2D eigenvalue weighted by Gasteiger charge is 2.08. The molecule has 2 aromatic rings. The summed E-state index contributed by atoms with van der Waals surface area (Å²) in [6.07, 6.45) is 0.0301. The fourth-order valence-electron chi connectivity index (χ4n) is 1.80. The summed E-state index contributed by atoms with van der Waals surface area (Å²) in [6, 6.07) is 9.69. The lowest BCUT2D eigenvalue weighted by atomic mass is 10.2. The van der Waals surface area contributed by atoms with Gasteiger partial charge in [-0.2, -0.15) is 5.10 Å². The van der Waals surface area contributed by atoms with E-state index in [1.807, 2.05) is 0 Å². The average Bonchev–Trinajstić information content (AvgIpc) is 3.07. The first kappa shape index (κ1) is 17.4. The number of hydrogen-bond donors (Lipinski definition) is 3. The van der Waals surface area contributed by atoms with Crippen LogP contribution in [0.15, 0.2) is 46.9 Å². The highest BCUT2D eigenvalue weighted by Crippen LogP contribution is 2.10. The van der Waals surface area contributed by atoms with Crippen LogP contribution in [-0.2, 0) is 4.79 Å². The second kappa shape index (κ2) is 8.02. The predicted octanol–water partition coefficient (Wildman–Crippen LogP) is 1.98. The van der Waals surface area contributed by atoms with Crippen LogP contribution in [-0.4, -0.2) is 23.4 Å². The van der Waals surface area contributed by atoms with Crippen molar-refractivity contribution in [2.45, 2.75) is 13.3 Å². The Morgan fingerprint density at radius 3 is 2.46 bits per heavy atom. The van der Waals surface area contributed by atoms with E-state index < -0.39 is 5.91 Å². The van der Waals surface area contributed by atoms with Gasteiger partial charge in [-0.3, -0.25) is 14.4 Å². The van der Waals surface area contributed by atoms with E-state index in [1.165, 1.54) is 23.5 Å². The van der Waals surface area contributed by atoms with Crippen LogP contribution in [0.25, 0.3) is 0 Å². The van der Waals surface area contributed by atoms with Gasteiger partial charge in [-0.05, 0) is 42.6 Å². The number of benzene rings is 1. The standard InChI is InChI=1S/C16H16N4O3S/c1-10(19-20-16(23)13-3-2-8-24-13)9-14(21)18-12-6-4-11(5-7-12)15(17)22/h2-8H,9H2,1H3,(H2,17,22)(H,18,21)(H,20,23)/b19-10-. The first-order valence-electron chi connectivity index (χ1n) is 7.02. The molecule has 0 aliphatic rings. The summed E-state index contributed by atoms with van der Waals surface area (Å²) in [4.78, 5) is 35.2. The molecule has 0 fully saturated rings. The van der Waals surface area contributed by atoms with E-state index in [1.54, 1.807) is 36.6 Å². The molecule has 124 valence electrons. The number of anilines is 1. The van der Waals surface area contributed by atoms with Gasteiger partial charge >= 0.3 is 0 Å². The number of nitrogens with one attached hydrogen (secondary N) is 2. The molecule has 0 spiro atoms. The van der Waals surface area contributed by atoms with Gasteiger partial charge < -0.3 is 11.1 Å². The number of carbonyl (C=O) groups excluding carboxylic acids is 3. The van der Waals surface area contributed by atoms with Crippen LogP contribution in [0.4, 0.5) is 5.69 Å². The van der Waals surface area contributed by atoms with Gasteiger partial charge in [0.15, 0.2) is 0 Å². The lowest BCUT2D eigenvalue weighted by Crippen LogP contribution is -2.20. The second-order valence-corrected chi connectivity index (χ2v) is 5.88. The zero-order valence-corrected chi connectivity index (χ0v) is 13.7. The van der Waals surface area contributed by atoms with Crippen molar-refractivity contribution in [3.63, 3.8) is 0 Å². The minimum atomic E-state index is -0.530. The van der Waals surface area contributed by atoms with Crippen molar-refractivity contribution < 1.29 is 14.4 Å². The first-order chi connectivity index (χ1) is 11.5. The molecule has 8 heteroatoms. The molecule has 2 rings (SSSR count). The second-order valence-electron chi connectivity index (χ2n) is 4.93. The minimum Gasteiger partial charge on any atom is -0.366 e. The number of thiophene rings is 1. The predicted molar refractivity (Wildman–Crippen MR) is 93.1 cm³/mol. The highest BCUT2D eigenvalue weighted by atomic mass is 32.1. The Balaban J connectivity index is 1.85. The average molecular weight is 344 g/mol. The molecule has 0 aliphatic heterocycles. The maximum Gasteiger partial charge on any atom is 0.281 e. The van der Waals surface area contributed by atoms with E-state index in [-0.39, 0.29) is 18.2 Å². The minimum absolute atomic E-state index is 0.0301. The Bertz CT molecular complexity index is 767. The van der Waals surface area contributed by atoms with Gasteiger partial charge in [0.05, 0.1) is 11.3 Å². The molecule has 0 unspecified atom stereocenters. The zero-order valence-electron chi connectivity index (χ0n) is 12.9. The summed E-state index contributed by atoms with van der Waals surface area (Å²) in [6.45, 7) is 1.64. The van der Waals surface area contributed by atoms with Crippen molar-refractivity contribution >= 4 is 40.5 Å². The van der Waals surface area contributed by atoms with Crippen molar-refractivity contribution in [3.05, 3.63) is 52.2 Å². The summed E-state index contributed by atoms with van der Waals surface area (Å²) < 4.78 is 0. The summed E-state index contributed by atoms with van der Waals surface area (Å²) in [5.41, 5.74) is 8.92. The highest BCUT2D eigenvalue weighted by molar-refractivity contribution is 7.12. The number of hydrazone groups is 1. The fraction of sp³-hybridized carbons (Fsp3) is 0.125. The molecule has 0 radical (unpaired) electrons. The SMILES string of the molecule is C/C(CC(=O)Nc1ccc(C(N)=O)cc1)=N/NC(=O)c1cccs1. The third-order valence-electron chi connectivity index (χ3n) is 2.96. The Kier molecular flexibility index (Phi) is 5.80. The van der Waals surface area contributed by atoms with Crippen LogP contribution in [0.1, 0.15) is 33.4 Å². The van der Waals surface area contributed by atoms with Gasteiger partial charge in [-0.25, -0.2) is 5.43 Å². The fourth-order valence-corrected chi connectivity index (χ4v) is 2.42. The normalized spacial score (nSPS) is 11.0. The van der Waals surface area contributed by atoms with Gasteiger partial charge in [0.2, 0.25) is 11.8 Å². The van der Waals surface area contributed by atoms with Crippen molar-refractivity contribution in [1.82, 2.24) is 5.43 Å². The summed E-state index contributed by atoms with van der Waals surface area (Å²) in [5.74, 6) is -1.13. The number of carbonyl (C=O) groups is 3. The van der Waals surface area contributed by atoms with Crippen molar-refractivity contribution in [2.24, 2.45) is 10.8 Å². The molecule has 4 N–H and O–H groups in total. The van der Waals surface area contributed by atoms with Gasteiger partial charge in [-0.1, -0.05) is 6.07 Å². The Hall–Kier alpha value is -3.00. The van der Waals surface area contributed by atoms with E-state index in [9.17, 15) is 14.4 Å². The van der Waals surface area contributed by atoms with Crippen molar-refractivity contribution in [3.8, 4) is 0 Å². The molecule has 0 bridgehead atoms. The number of rotatable bonds is 6. The summed E-state index contributed by atoms with van der Waals surface area (Å²) in [5, 5.41) is 8.37. The molecule has 0 atom stereocenters. The monoisotopic (exact) mass is 344 g/mol. The number of hydrogen-bond acceptors (Lipinski definition) is 5.